The third-order valence-corrected chi connectivity index (χ3v) is 3.45. The molecule has 6 nitrogen and oxygen atoms in total. The molecule has 110 valence electrons. The van der Waals surface area contributed by atoms with Crippen LogP contribution in [0, 0.1) is 0 Å². The van der Waals surface area contributed by atoms with E-state index in [0.717, 1.165) is 5.56 Å². The van der Waals surface area contributed by atoms with E-state index in [1.54, 1.807) is 0 Å². The maximum atomic E-state index is 10.7. The lowest BCUT2D eigenvalue weighted by molar-refractivity contribution is 0.194. The Bertz CT molecular complexity index is 627. The van der Waals surface area contributed by atoms with Crippen LogP contribution in [-0.4, -0.2) is 27.7 Å². The minimum atomic E-state index is -1.09. The van der Waals surface area contributed by atoms with Gasteiger partial charge in [0, 0.05) is 12.7 Å². The molecule has 1 aromatic carbocycles. The van der Waals surface area contributed by atoms with Gasteiger partial charge in [0.2, 0.25) is 5.28 Å². The van der Waals surface area contributed by atoms with E-state index in [0.29, 0.717) is 10.3 Å². The number of aromatic nitrogens is 2. The van der Waals surface area contributed by atoms with Crippen molar-refractivity contribution in [2.45, 2.75) is 6.04 Å². The number of hydrogen-bond acceptors (Lipinski definition) is 4. The number of nitrogens with zero attached hydrogens (tertiary/aromatic N) is 2. The summed E-state index contributed by atoms with van der Waals surface area (Å²) in [5.41, 5.74) is 0.924. The predicted molar refractivity (Wildman–Crippen MR) is 83.6 cm³/mol. The predicted octanol–water partition coefficient (Wildman–Crippen LogP) is 3.31. The fraction of sp³-hybridized carbons (Fsp3) is 0.154. The molecule has 0 unspecified atom stereocenters. The monoisotopic (exact) mass is 370 g/mol. The summed E-state index contributed by atoms with van der Waals surface area (Å²) in [5, 5.41) is 14.4. The molecule has 0 radical (unpaired) electrons. The number of hydrogen-bond donors (Lipinski definition) is 3. The highest BCUT2D eigenvalue weighted by molar-refractivity contribution is 9.10. The smallest absolute Gasteiger partial charge is 0.404 e. The van der Waals surface area contributed by atoms with Gasteiger partial charge in [-0.1, -0.05) is 30.3 Å². The summed E-state index contributed by atoms with van der Waals surface area (Å²) in [5.74, 6) is 0.496. The minimum Gasteiger partial charge on any atom is -0.465 e. The van der Waals surface area contributed by atoms with Crippen LogP contribution in [-0.2, 0) is 0 Å². The first-order valence-electron chi connectivity index (χ1n) is 6.02. The van der Waals surface area contributed by atoms with Gasteiger partial charge >= 0.3 is 6.09 Å². The number of amides is 1. The molecule has 0 saturated carbocycles. The van der Waals surface area contributed by atoms with Gasteiger partial charge in [-0.2, -0.15) is 4.98 Å². The van der Waals surface area contributed by atoms with Crippen molar-refractivity contribution < 1.29 is 9.90 Å². The summed E-state index contributed by atoms with van der Waals surface area (Å²) in [4.78, 5) is 18.7. The number of nitrogens with one attached hydrogen (secondary N) is 2. The normalized spacial score (nSPS) is 11.7. The molecule has 21 heavy (non-hydrogen) atoms. The van der Waals surface area contributed by atoms with Crippen LogP contribution in [0.5, 0.6) is 0 Å². The summed E-state index contributed by atoms with van der Waals surface area (Å²) >= 11 is 9.11. The second kappa shape index (κ2) is 7.24. The van der Waals surface area contributed by atoms with Crippen molar-refractivity contribution in [2.75, 3.05) is 11.9 Å². The lowest BCUT2D eigenvalue weighted by atomic mass is 10.1. The van der Waals surface area contributed by atoms with Gasteiger partial charge in [-0.3, -0.25) is 0 Å². The summed E-state index contributed by atoms with van der Waals surface area (Å²) in [6.07, 6.45) is 0.446. The van der Waals surface area contributed by atoms with Gasteiger partial charge in [-0.25, -0.2) is 9.78 Å². The van der Waals surface area contributed by atoms with Crippen molar-refractivity contribution in [1.82, 2.24) is 15.3 Å². The van der Waals surface area contributed by atoms with E-state index < -0.39 is 6.09 Å². The highest BCUT2D eigenvalue weighted by Crippen LogP contribution is 2.25. The van der Waals surface area contributed by atoms with Gasteiger partial charge in [0.25, 0.3) is 0 Å². The van der Waals surface area contributed by atoms with Crippen molar-refractivity contribution in [3.8, 4) is 0 Å². The summed E-state index contributed by atoms with van der Waals surface area (Å²) in [7, 11) is 0. The molecule has 2 aromatic rings. The average Bonchev–Trinajstić information content (AvgIpc) is 2.47. The highest BCUT2D eigenvalue weighted by Gasteiger charge is 2.15. The van der Waals surface area contributed by atoms with Crippen LogP contribution in [0.15, 0.2) is 41.0 Å². The van der Waals surface area contributed by atoms with Crippen LogP contribution in [0.1, 0.15) is 11.6 Å². The molecule has 1 aromatic heterocycles. The van der Waals surface area contributed by atoms with Crippen LogP contribution in [0.4, 0.5) is 10.6 Å². The van der Waals surface area contributed by atoms with Crippen LogP contribution >= 0.6 is 27.5 Å². The number of benzene rings is 1. The maximum Gasteiger partial charge on any atom is 0.404 e. The Labute approximate surface area is 134 Å². The van der Waals surface area contributed by atoms with E-state index in [2.05, 4.69) is 36.5 Å². The Morgan fingerprint density at radius 1 is 1.38 bits per heavy atom. The fourth-order valence-electron chi connectivity index (χ4n) is 1.74. The van der Waals surface area contributed by atoms with Gasteiger partial charge in [-0.05, 0) is 33.1 Å². The number of rotatable bonds is 5. The molecular formula is C13H12BrClN4O2. The summed E-state index contributed by atoms with van der Waals surface area (Å²) in [6.45, 7) is 0.188. The Kier molecular flexibility index (Phi) is 5.35. The molecule has 0 aliphatic heterocycles. The van der Waals surface area contributed by atoms with Crippen molar-refractivity contribution in [2.24, 2.45) is 0 Å². The molecule has 1 heterocycles. The molecule has 0 fully saturated rings. The average molecular weight is 372 g/mol. The van der Waals surface area contributed by atoms with Gasteiger partial charge < -0.3 is 15.7 Å². The topological polar surface area (TPSA) is 87.1 Å². The third kappa shape index (κ3) is 4.57. The fourth-order valence-corrected chi connectivity index (χ4v) is 2.18. The molecule has 0 aliphatic carbocycles. The molecule has 1 amide bonds. The lowest BCUT2D eigenvalue weighted by Gasteiger charge is -2.20. The van der Waals surface area contributed by atoms with Crippen molar-refractivity contribution in [1.29, 1.82) is 0 Å². The van der Waals surface area contributed by atoms with Gasteiger partial charge in [-0.15, -0.1) is 0 Å². The molecular weight excluding hydrogens is 360 g/mol. The molecule has 1 atom stereocenters. The Hall–Kier alpha value is -1.86. The molecule has 0 bridgehead atoms. The van der Waals surface area contributed by atoms with Gasteiger partial charge in [0.05, 0.1) is 10.5 Å². The highest BCUT2D eigenvalue weighted by atomic mass is 79.9. The quantitative estimate of drug-likeness (QED) is 0.702. The first-order valence-corrected chi connectivity index (χ1v) is 7.19. The molecule has 0 aliphatic rings. The van der Waals surface area contributed by atoms with Gasteiger partial charge in [0.15, 0.2) is 0 Å². The number of anilines is 1. The first-order chi connectivity index (χ1) is 10.1. The Morgan fingerprint density at radius 3 is 2.76 bits per heavy atom. The molecule has 0 spiro atoms. The zero-order valence-corrected chi connectivity index (χ0v) is 13.1. The van der Waals surface area contributed by atoms with Crippen LogP contribution in [0.25, 0.3) is 0 Å². The largest absolute Gasteiger partial charge is 0.465 e. The Balaban J connectivity index is 2.23. The van der Waals surface area contributed by atoms with Crippen molar-refractivity contribution >= 4 is 39.4 Å². The van der Waals surface area contributed by atoms with Crippen LogP contribution in [0.3, 0.4) is 0 Å². The van der Waals surface area contributed by atoms with E-state index in [1.165, 1.54) is 6.20 Å². The second-order valence-electron chi connectivity index (χ2n) is 4.13. The van der Waals surface area contributed by atoms with E-state index in [-0.39, 0.29) is 17.9 Å². The van der Waals surface area contributed by atoms with Crippen molar-refractivity contribution in [3.05, 3.63) is 51.8 Å². The van der Waals surface area contributed by atoms with E-state index in [9.17, 15) is 4.79 Å². The summed E-state index contributed by atoms with van der Waals surface area (Å²) < 4.78 is 0.642. The minimum absolute atomic E-state index is 0.110. The molecule has 2 rings (SSSR count). The zero-order chi connectivity index (χ0) is 15.2. The van der Waals surface area contributed by atoms with Gasteiger partial charge in [0.1, 0.15) is 5.82 Å². The molecule has 8 heteroatoms. The van der Waals surface area contributed by atoms with Crippen LogP contribution < -0.4 is 10.6 Å². The SMILES string of the molecule is O=C(O)NC[C@@H](Nc1nc(Cl)ncc1Br)c1ccccc1. The molecule has 3 N–H and O–H groups in total. The Morgan fingerprint density at radius 2 is 2.10 bits per heavy atom. The van der Waals surface area contributed by atoms with E-state index in [4.69, 9.17) is 16.7 Å². The summed E-state index contributed by atoms with van der Waals surface area (Å²) in [6, 6.07) is 9.17. The van der Waals surface area contributed by atoms with Crippen LogP contribution in [0.2, 0.25) is 5.28 Å². The number of carboxylic acid groups (broad SMARTS) is 1. The number of carbonyl (C=O) groups is 1. The number of halogens is 2. The molecule has 0 saturated heterocycles. The maximum absolute atomic E-state index is 10.7. The third-order valence-electron chi connectivity index (χ3n) is 2.69. The van der Waals surface area contributed by atoms with Crippen molar-refractivity contribution in [3.63, 3.8) is 0 Å². The van der Waals surface area contributed by atoms with E-state index in [1.807, 2.05) is 30.3 Å². The van der Waals surface area contributed by atoms with E-state index >= 15 is 0 Å². The standard InChI is InChI=1S/C13H12BrClN4O2/c14-9-6-16-12(15)19-11(9)18-10(7-17-13(20)21)8-4-2-1-3-5-8/h1-6,10,17H,7H2,(H,20,21)(H,16,18,19)/t10-/m1/s1. The zero-order valence-electron chi connectivity index (χ0n) is 10.8. The first kappa shape index (κ1) is 15.5. The lowest BCUT2D eigenvalue weighted by Crippen LogP contribution is -2.30. The second-order valence-corrected chi connectivity index (χ2v) is 5.32.